The second-order valence-corrected chi connectivity index (χ2v) is 15.0. The molecule has 1 saturated heterocycles. The number of piperidine rings is 1. The highest BCUT2D eigenvalue weighted by atomic mass is 35.5. The molecule has 0 unspecified atom stereocenters. The van der Waals surface area contributed by atoms with Crippen molar-refractivity contribution in [1.82, 2.24) is 5.43 Å². The molecule has 0 spiro atoms. The second kappa shape index (κ2) is 14.5. The number of quaternary nitrogens is 1. The van der Waals surface area contributed by atoms with Crippen molar-refractivity contribution < 1.29 is 35.7 Å². The highest BCUT2D eigenvalue weighted by Crippen LogP contribution is 2.40. The zero-order valence-corrected chi connectivity index (χ0v) is 28.5. The van der Waals surface area contributed by atoms with Crippen LogP contribution in [0.2, 0.25) is 15.1 Å². The molecule has 2 aliphatic rings. The van der Waals surface area contributed by atoms with Crippen molar-refractivity contribution in [1.29, 1.82) is 0 Å². The average molecular weight is 741 g/mol. The third-order valence-electron chi connectivity index (χ3n) is 7.73. The maximum absolute atomic E-state index is 12.9. The number of carbonyl (C=O) groups is 1. The zero-order valence-electron chi connectivity index (χ0n) is 24.6. The van der Waals surface area contributed by atoms with Crippen LogP contribution in [0.4, 0.5) is 5.69 Å². The van der Waals surface area contributed by atoms with Crippen molar-refractivity contribution >= 4 is 83.1 Å². The Morgan fingerprint density at radius 1 is 0.787 bits per heavy atom. The van der Waals surface area contributed by atoms with Gasteiger partial charge in [0, 0.05) is 27.2 Å². The number of carbonyl (C=O) groups excluding carboxylic acids is 1. The number of nitrogens with zero attached hydrogens (tertiary/aromatic N) is 2. The van der Waals surface area contributed by atoms with E-state index in [0.717, 1.165) is 48.6 Å². The van der Waals surface area contributed by atoms with Crippen LogP contribution >= 0.6 is 34.8 Å². The van der Waals surface area contributed by atoms with E-state index >= 15 is 0 Å². The van der Waals surface area contributed by atoms with Gasteiger partial charge in [-0.3, -0.25) is 18.9 Å². The number of halogens is 3. The van der Waals surface area contributed by atoms with Gasteiger partial charge in [0.1, 0.15) is 15.5 Å². The average Bonchev–Trinajstić information content (AvgIpc) is 3.46. The summed E-state index contributed by atoms with van der Waals surface area (Å²) >= 11 is 18.6. The van der Waals surface area contributed by atoms with Crippen LogP contribution in [0, 0.1) is 0 Å². The molecule has 1 amide bonds. The highest BCUT2D eigenvalue weighted by Gasteiger charge is 2.34. The largest absolute Gasteiger partial charge is 0.312 e. The highest BCUT2D eigenvalue weighted by molar-refractivity contribution is 7.86. The number of amides is 1. The number of benzene rings is 4. The van der Waals surface area contributed by atoms with E-state index in [0.29, 0.717) is 32.9 Å². The van der Waals surface area contributed by atoms with Crippen LogP contribution in [-0.2, 0) is 25.0 Å². The van der Waals surface area contributed by atoms with Gasteiger partial charge in [-0.05, 0) is 67.3 Å². The van der Waals surface area contributed by atoms with Crippen LogP contribution in [0.15, 0.2) is 93.8 Å². The molecule has 4 N–H and O–H groups in total. The lowest BCUT2D eigenvalue weighted by molar-refractivity contribution is -0.940. The molecule has 1 atom stereocenters. The van der Waals surface area contributed by atoms with Gasteiger partial charge >= 0.3 is 5.91 Å². The first-order valence-corrected chi connectivity index (χ1v) is 18.4. The lowest BCUT2D eigenvalue weighted by atomic mass is 10.0. The molecule has 2 aliphatic heterocycles. The van der Waals surface area contributed by atoms with Gasteiger partial charge in [0.15, 0.2) is 0 Å². The quantitative estimate of drug-likeness (QED) is 0.192. The fraction of sp³-hybridized carbons (Fsp3) is 0.226. The maximum Gasteiger partial charge on any atom is 0.312 e. The first-order valence-electron chi connectivity index (χ1n) is 14.4. The van der Waals surface area contributed by atoms with Gasteiger partial charge in [-0.1, -0.05) is 71.2 Å². The second-order valence-electron chi connectivity index (χ2n) is 10.9. The summed E-state index contributed by atoms with van der Waals surface area (Å²) in [6.07, 6.45) is 3.96. The molecule has 11 nitrogen and oxygen atoms in total. The fourth-order valence-corrected chi connectivity index (χ4v) is 7.55. The third kappa shape index (κ3) is 8.42. The van der Waals surface area contributed by atoms with E-state index in [9.17, 15) is 21.6 Å². The number of nitrogens with one attached hydrogen (secondary N) is 2. The van der Waals surface area contributed by atoms with Crippen LogP contribution < -0.4 is 15.4 Å². The first kappa shape index (κ1) is 35.0. The molecule has 0 aromatic heterocycles. The summed E-state index contributed by atoms with van der Waals surface area (Å²) in [4.78, 5) is 12.1. The molecule has 47 heavy (non-hydrogen) atoms. The Morgan fingerprint density at radius 3 is 1.87 bits per heavy atom. The maximum atomic E-state index is 12.9. The summed E-state index contributed by atoms with van der Waals surface area (Å²) in [5, 5.41) is 9.32. The monoisotopic (exact) mass is 739 g/mol. The van der Waals surface area contributed by atoms with E-state index in [1.165, 1.54) is 30.7 Å². The summed E-state index contributed by atoms with van der Waals surface area (Å²) < 4.78 is 62.7. The molecular weight excluding hydrogens is 711 g/mol. The van der Waals surface area contributed by atoms with Crippen LogP contribution in [0.3, 0.4) is 0 Å². The van der Waals surface area contributed by atoms with Gasteiger partial charge < -0.3 is 0 Å². The molecule has 4 aromatic rings. The number of hydrazone groups is 1. The van der Waals surface area contributed by atoms with Crippen molar-refractivity contribution in [2.24, 2.45) is 5.10 Å². The van der Waals surface area contributed by atoms with Gasteiger partial charge in [0.2, 0.25) is 0 Å². The topological polar surface area (TPSA) is 158 Å². The summed E-state index contributed by atoms with van der Waals surface area (Å²) in [5.41, 5.74) is 5.30. The minimum atomic E-state index is -4.47. The Bertz CT molecular complexity index is 1980. The van der Waals surface area contributed by atoms with Crippen molar-refractivity contribution in [3.63, 3.8) is 0 Å². The van der Waals surface area contributed by atoms with E-state index in [1.807, 2.05) is 35.3 Å². The van der Waals surface area contributed by atoms with Crippen LogP contribution in [-0.4, -0.2) is 50.6 Å². The minimum absolute atomic E-state index is 0.0233. The molecule has 248 valence electrons. The number of fused-ring (bicyclic) bond motifs is 1. The Kier molecular flexibility index (Phi) is 10.8. The fourth-order valence-electron chi connectivity index (χ4n) is 5.52. The predicted octanol–water partition coefficient (Wildman–Crippen LogP) is 5.39. The minimum Gasteiger partial charge on any atom is -0.282 e. The summed E-state index contributed by atoms with van der Waals surface area (Å²) in [5.74, 6) is -0.131. The molecular formula is C31H30Cl3N4O7S2+. The van der Waals surface area contributed by atoms with Gasteiger partial charge in [0.05, 0.1) is 29.8 Å². The standard InChI is InChI=1S/C21H21Cl3N4O.C10H8O6S2/c22-15-6-4-14(5-7-15)20-13-18(21(29)26-27-10-2-1-3-11-27)25-28(20)19-9-8-16(23)12-17(19)24;11-17(12,13)9-5-1-3-7-8(9)4-2-6-10(7)18(14,15)16/h4-9,12,20H,1-3,10-11,13H2,(H,26,29);1-6H,(H,11,12,13)(H,14,15,16)/p+1/t20-;/m1./s1. The molecule has 16 heteroatoms. The Hall–Kier alpha value is -3.27. The van der Waals surface area contributed by atoms with Crippen molar-refractivity contribution in [2.75, 3.05) is 18.1 Å². The summed E-state index contributed by atoms with van der Waals surface area (Å²) in [6, 6.07) is 20.2. The number of hydrogen-bond donors (Lipinski definition) is 4. The summed E-state index contributed by atoms with van der Waals surface area (Å²) in [6.45, 7) is 1.90. The normalized spacial score (nSPS) is 17.2. The number of hydrogen-bond acceptors (Lipinski definition) is 7. The van der Waals surface area contributed by atoms with Gasteiger partial charge in [-0.15, -0.1) is 0 Å². The smallest absolute Gasteiger partial charge is 0.282 e. The zero-order chi connectivity index (χ0) is 33.9. The van der Waals surface area contributed by atoms with E-state index in [1.54, 1.807) is 12.1 Å². The Morgan fingerprint density at radius 2 is 1.34 bits per heavy atom. The number of rotatable bonds is 6. The Labute approximate surface area is 287 Å². The van der Waals surface area contributed by atoms with Crippen molar-refractivity contribution in [3.05, 3.63) is 99.5 Å². The molecule has 0 bridgehead atoms. The molecule has 0 saturated carbocycles. The van der Waals surface area contributed by atoms with Crippen LogP contribution in [0.25, 0.3) is 10.8 Å². The number of anilines is 1. The van der Waals surface area contributed by atoms with Crippen LogP contribution in [0.1, 0.15) is 37.3 Å². The molecule has 4 aromatic carbocycles. The van der Waals surface area contributed by atoms with Gasteiger partial charge in [0.25, 0.3) is 20.2 Å². The van der Waals surface area contributed by atoms with Gasteiger partial charge in [-0.2, -0.15) is 27.4 Å². The molecule has 6 rings (SSSR count). The molecule has 1 fully saturated rings. The van der Waals surface area contributed by atoms with Crippen molar-refractivity contribution in [3.8, 4) is 0 Å². The Balaban J connectivity index is 0.000000207. The van der Waals surface area contributed by atoms with Crippen LogP contribution in [0.5, 0.6) is 0 Å². The van der Waals surface area contributed by atoms with E-state index in [4.69, 9.17) is 43.9 Å². The molecule has 0 radical (unpaired) electrons. The first-order chi connectivity index (χ1) is 22.2. The van der Waals surface area contributed by atoms with Gasteiger partial charge in [-0.25, -0.2) is 5.01 Å². The lowest BCUT2D eigenvalue weighted by Crippen LogP contribution is -3.20. The lowest BCUT2D eigenvalue weighted by Gasteiger charge is -2.25. The van der Waals surface area contributed by atoms with E-state index < -0.39 is 30.0 Å². The van der Waals surface area contributed by atoms with Crippen molar-refractivity contribution in [2.45, 2.75) is 41.5 Å². The predicted molar refractivity (Wildman–Crippen MR) is 181 cm³/mol. The van der Waals surface area contributed by atoms with E-state index in [-0.39, 0.29) is 22.7 Å². The van der Waals surface area contributed by atoms with E-state index in [2.05, 4.69) is 10.5 Å². The molecule has 2 heterocycles. The third-order valence-corrected chi connectivity index (χ3v) is 10.3. The SMILES string of the molecule is O=C(N[NH+]1CCCCC1)C1=NN(c2ccc(Cl)cc2Cl)[C@@H](c2ccc(Cl)cc2)C1.O=S(=O)(O)c1cccc2c(S(=O)(=O)O)cccc12. The molecule has 0 aliphatic carbocycles. The summed E-state index contributed by atoms with van der Waals surface area (Å²) in [7, 11) is -8.94.